The topological polar surface area (TPSA) is 48.0 Å². The van der Waals surface area contributed by atoms with E-state index >= 15 is 0 Å². The van der Waals surface area contributed by atoms with Crippen molar-refractivity contribution < 1.29 is 23.4 Å². The van der Waals surface area contributed by atoms with E-state index in [4.69, 9.17) is 14.2 Å². The number of carbonyl (C=O) groups is 1. The maximum Gasteiger partial charge on any atom is 0.253 e. The van der Waals surface area contributed by atoms with Crippen LogP contribution < -0.4 is 4.74 Å². The summed E-state index contributed by atoms with van der Waals surface area (Å²) in [6.07, 6.45) is 2.86. The molecule has 5 nitrogen and oxygen atoms in total. The largest absolute Gasteiger partial charge is 0.494 e. The SMILES string of the molecule is COC[C@]12CCCO[C@H]1CCN(C(=O)c1ccc(OC)c(F)c1)C2. The molecule has 2 atom stereocenters. The van der Waals surface area contributed by atoms with E-state index < -0.39 is 5.82 Å². The standard InChI is InChI=1S/C18H24FNO4/c1-22-12-18-7-3-9-24-16(18)6-8-20(11-18)17(21)13-4-5-15(23-2)14(19)10-13/h4-5,10,16H,3,6-9,11-12H2,1-2H3/t16-,18+/m0/s1. The lowest BCUT2D eigenvalue weighted by Gasteiger charge is -2.50. The Hall–Kier alpha value is -1.66. The van der Waals surface area contributed by atoms with E-state index in [-0.39, 0.29) is 23.2 Å². The molecule has 2 fully saturated rings. The van der Waals surface area contributed by atoms with Crippen LogP contribution in [-0.2, 0) is 9.47 Å². The van der Waals surface area contributed by atoms with Crippen molar-refractivity contribution in [1.29, 1.82) is 0 Å². The third kappa shape index (κ3) is 3.13. The molecule has 2 heterocycles. The summed E-state index contributed by atoms with van der Waals surface area (Å²) in [6.45, 7) is 2.53. The van der Waals surface area contributed by atoms with Gasteiger partial charge in [-0.15, -0.1) is 0 Å². The molecule has 1 amide bonds. The molecular weight excluding hydrogens is 313 g/mol. The van der Waals surface area contributed by atoms with Crippen molar-refractivity contribution in [2.24, 2.45) is 5.41 Å². The molecule has 3 rings (SSSR count). The Kier molecular flexibility index (Phi) is 5.06. The van der Waals surface area contributed by atoms with Gasteiger partial charge in [-0.3, -0.25) is 4.79 Å². The number of hydrogen-bond donors (Lipinski definition) is 0. The number of carbonyl (C=O) groups excluding carboxylic acids is 1. The van der Waals surface area contributed by atoms with Crippen LogP contribution in [0.5, 0.6) is 5.75 Å². The molecular formula is C18H24FNO4. The van der Waals surface area contributed by atoms with Crippen molar-refractivity contribution in [3.05, 3.63) is 29.6 Å². The number of halogens is 1. The van der Waals surface area contributed by atoms with Gasteiger partial charge < -0.3 is 19.1 Å². The van der Waals surface area contributed by atoms with Crippen molar-refractivity contribution in [3.63, 3.8) is 0 Å². The number of likely N-dealkylation sites (tertiary alicyclic amines) is 1. The molecule has 132 valence electrons. The number of benzene rings is 1. The summed E-state index contributed by atoms with van der Waals surface area (Å²) in [5.41, 5.74) is 0.183. The Morgan fingerprint density at radius 1 is 1.46 bits per heavy atom. The van der Waals surface area contributed by atoms with E-state index in [0.717, 1.165) is 25.9 Å². The highest BCUT2D eigenvalue weighted by Crippen LogP contribution is 2.40. The Labute approximate surface area is 141 Å². The van der Waals surface area contributed by atoms with Gasteiger partial charge in [0.1, 0.15) is 0 Å². The number of methoxy groups -OCH3 is 2. The summed E-state index contributed by atoms with van der Waals surface area (Å²) in [7, 11) is 3.09. The normalized spacial score (nSPS) is 26.8. The van der Waals surface area contributed by atoms with Crippen LogP contribution in [0.3, 0.4) is 0 Å². The van der Waals surface area contributed by atoms with E-state index in [1.54, 1.807) is 18.1 Å². The third-order valence-corrected chi connectivity index (χ3v) is 5.11. The Balaban J connectivity index is 1.79. The van der Waals surface area contributed by atoms with Crippen LogP contribution >= 0.6 is 0 Å². The predicted octanol–water partition coefficient (Wildman–Crippen LogP) is 2.49. The lowest BCUT2D eigenvalue weighted by molar-refractivity contribution is -0.142. The molecule has 0 saturated carbocycles. The third-order valence-electron chi connectivity index (χ3n) is 5.11. The smallest absolute Gasteiger partial charge is 0.253 e. The minimum atomic E-state index is -0.522. The molecule has 24 heavy (non-hydrogen) atoms. The van der Waals surface area contributed by atoms with Gasteiger partial charge in [0, 0.05) is 37.8 Å². The van der Waals surface area contributed by atoms with Gasteiger partial charge in [-0.1, -0.05) is 0 Å². The number of fused-ring (bicyclic) bond motifs is 1. The van der Waals surface area contributed by atoms with Gasteiger partial charge in [-0.25, -0.2) is 4.39 Å². The second kappa shape index (κ2) is 7.07. The molecule has 0 aromatic heterocycles. The van der Waals surface area contributed by atoms with Gasteiger partial charge in [-0.05, 0) is 37.5 Å². The van der Waals surface area contributed by atoms with Crippen LogP contribution in [0, 0.1) is 11.2 Å². The summed E-state index contributed by atoms with van der Waals surface area (Å²) in [5, 5.41) is 0. The highest BCUT2D eigenvalue weighted by atomic mass is 19.1. The van der Waals surface area contributed by atoms with Gasteiger partial charge in [0.05, 0.1) is 19.8 Å². The molecule has 0 spiro atoms. The summed E-state index contributed by atoms with van der Waals surface area (Å²) >= 11 is 0. The predicted molar refractivity (Wildman–Crippen MR) is 86.8 cm³/mol. The van der Waals surface area contributed by atoms with Gasteiger partial charge >= 0.3 is 0 Å². The molecule has 1 aromatic carbocycles. The Morgan fingerprint density at radius 2 is 2.29 bits per heavy atom. The number of amides is 1. The molecule has 2 aliphatic heterocycles. The second-order valence-corrected chi connectivity index (χ2v) is 6.62. The molecule has 2 aliphatic rings. The van der Waals surface area contributed by atoms with Crippen molar-refractivity contribution >= 4 is 5.91 Å². The van der Waals surface area contributed by atoms with E-state index in [0.29, 0.717) is 25.3 Å². The quantitative estimate of drug-likeness (QED) is 0.847. The van der Waals surface area contributed by atoms with Crippen molar-refractivity contribution in [1.82, 2.24) is 4.90 Å². The Morgan fingerprint density at radius 3 is 3.00 bits per heavy atom. The fourth-order valence-corrected chi connectivity index (χ4v) is 3.94. The molecule has 0 bridgehead atoms. The number of piperidine rings is 1. The first-order chi connectivity index (χ1) is 11.6. The first kappa shape index (κ1) is 17.2. The lowest BCUT2D eigenvalue weighted by Crippen LogP contribution is -2.58. The van der Waals surface area contributed by atoms with Crippen molar-refractivity contribution in [2.45, 2.75) is 25.4 Å². The van der Waals surface area contributed by atoms with Crippen LogP contribution in [0.1, 0.15) is 29.6 Å². The summed E-state index contributed by atoms with van der Waals surface area (Å²) in [6, 6.07) is 4.34. The van der Waals surface area contributed by atoms with Crippen LogP contribution in [0.15, 0.2) is 18.2 Å². The number of rotatable bonds is 4. The zero-order valence-corrected chi connectivity index (χ0v) is 14.2. The minimum Gasteiger partial charge on any atom is -0.494 e. The fraction of sp³-hybridized carbons (Fsp3) is 0.611. The zero-order chi connectivity index (χ0) is 17.2. The van der Waals surface area contributed by atoms with E-state index in [1.165, 1.54) is 19.2 Å². The van der Waals surface area contributed by atoms with Crippen molar-refractivity contribution in [3.8, 4) is 5.75 Å². The van der Waals surface area contributed by atoms with Gasteiger partial charge in [0.25, 0.3) is 5.91 Å². The summed E-state index contributed by atoms with van der Waals surface area (Å²) in [5.74, 6) is -0.538. The highest BCUT2D eigenvalue weighted by Gasteiger charge is 2.47. The molecule has 0 unspecified atom stereocenters. The molecule has 1 aromatic rings. The summed E-state index contributed by atoms with van der Waals surface area (Å²) in [4.78, 5) is 14.6. The fourth-order valence-electron chi connectivity index (χ4n) is 3.94. The zero-order valence-electron chi connectivity index (χ0n) is 14.2. The monoisotopic (exact) mass is 337 g/mol. The van der Waals surface area contributed by atoms with E-state index in [1.807, 2.05) is 0 Å². The first-order valence-corrected chi connectivity index (χ1v) is 8.33. The molecule has 6 heteroatoms. The average molecular weight is 337 g/mol. The van der Waals surface area contributed by atoms with E-state index in [9.17, 15) is 9.18 Å². The van der Waals surface area contributed by atoms with Crippen LogP contribution in [0.4, 0.5) is 4.39 Å². The van der Waals surface area contributed by atoms with Gasteiger partial charge in [0.15, 0.2) is 11.6 Å². The van der Waals surface area contributed by atoms with Crippen molar-refractivity contribution in [2.75, 3.05) is 40.5 Å². The lowest BCUT2D eigenvalue weighted by atomic mass is 9.73. The summed E-state index contributed by atoms with van der Waals surface area (Å²) < 4.78 is 30.2. The van der Waals surface area contributed by atoms with Crippen LogP contribution in [-0.4, -0.2) is 57.4 Å². The minimum absolute atomic E-state index is 0.128. The maximum absolute atomic E-state index is 13.9. The molecule has 0 aliphatic carbocycles. The molecule has 0 N–H and O–H groups in total. The molecule has 2 saturated heterocycles. The molecule has 0 radical (unpaired) electrons. The first-order valence-electron chi connectivity index (χ1n) is 8.33. The number of nitrogens with zero attached hydrogens (tertiary/aromatic N) is 1. The number of hydrogen-bond acceptors (Lipinski definition) is 4. The van der Waals surface area contributed by atoms with Crippen LogP contribution in [0.2, 0.25) is 0 Å². The number of ether oxygens (including phenoxy) is 3. The Bertz CT molecular complexity index is 605. The van der Waals surface area contributed by atoms with Gasteiger partial charge in [0.2, 0.25) is 0 Å². The van der Waals surface area contributed by atoms with Gasteiger partial charge in [-0.2, -0.15) is 0 Å². The average Bonchev–Trinajstić information content (AvgIpc) is 2.60. The highest BCUT2D eigenvalue weighted by molar-refractivity contribution is 5.94. The second-order valence-electron chi connectivity index (χ2n) is 6.62. The maximum atomic E-state index is 13.9. The van der Waals surface area contributed by atoms with E-state index in [2.05, 4.69) is 0 Å². The van der Waals surface area contributed by atoms with Crippen LogP contribution in [0.25, 0.3) is 0 Å².